The standard InChI is InChI=1S/C20H25N3O.HI/c1-16-9-11-17(12-10-16)14-21-20(22-15-19-8-5-13-24-19)23-18-6-3-2-4-7-18;/h2-4,6-7,9-12,19H,5,8,13-15H2,1H3,(H2,21,22,23);1H. The van der Waals surface area contributed by atoms with Crippen molar-refractivity contribution in [1.29, 1.82) is 0 Å². The first-order chi connectivity index (χ1) is 11.8. The average molecular weight is 451 g/mol. The van der Waals surface area contributed by atoms with Crippen LogP contribution in [0.2, 0.25) is 0 Å². The van der Waals surface area contributed by atoms with Crippen LogP contribution in [0, 0.1) is 6.92 Å². The molecule has 3 rings (SSSR count). The Morgan fingerprint density at radius 1 is 1.12 bits per heavy atom. The Labute approximate surface area is 167 Å². The van der Waals surface area contributed by atoms with Crippen molar-refractivity contribution in [2.75, 3.05) is 18.5 Å². The highest BCUT2D eigenvalue weighted by molar-refractivity contribution is 14.0. The highest BCUT2D eigenvalue weighted by Crippen LogP contribution is 2.11. The maximum atomic E-state index is 5.68. The van der Waals surface area contributed by atoms with E-state index in [9.17, 15) is 0 Å². The molecule has 1 unspecified atom stereocenters. The number of nitrogens with one attached hydrogen (secondary N) is 2. The lowest BCUT2D eigenvalue weighted by molar-refractivity contribution is 0.114. The van der Waals surface area contributed by atoms with Gasteiger partial charge in [0.05, 0.1) is 12.6 Å². The highest BCUT2D eigenvalue weighted by Gasteiger charge is 2.15. The summed E-state index contributed by atoms with van der Waals surface area (Å²) in [5, 5.41) is 6.77. The third-order valence-electron chi connectivity index (χ3n) is 4.10. The summed E-state index contributed by atoms with van der Waals surface area (Å²) in [6, 6.07) is 18.6. The molecule has 134 valence electrons. The van der Waals surface area contributed by atoms with Gasteiger partial charge in [0.1, 0.15) is 0 Å². The van der Waals surface area contributed by atoms with Crippen molar-refractivity contribution in [1.82, 2.24) is 5.32 Å². The lowest BCUT2D eigenvalue weighted by Crippen LogP contribution is -2.36. The van der Waals surface area contributed by atoms with Crippen LogP contribution in [-0.4, -0.2) is 25.2 Å². The van der Waals surface area contributed by atoms with E-state index in [1.165, 1.54) is 11.1 Å². The number of aryl methyl sites for hydroxylation is 1. The molecule has 1 saturated heterocycles. The molecule has 1 fully saturated rings. The van der Waals surface area contributed by atoms with E-state index < -0.39 is 0 Å². The molecule has 1 aliphatic rings. The van der Waals surface area contributed by atoms with Gasteiger partial charge in [0.25, 0.3) is 0 Å². The van der Waals surface area contributed by atoms with Crippen LogP contribution >= 0.6 is 24.0 Å². The molecule has 0 aliphatic carbocycles. The fraction of sp³-hybridized carbons (Fsp3) is 0.350. The van der Waals surface area contributed by atoms with E-state index in [-0.39, 0.29) is 30.1 Å². The zero-order valence-corrected chi connectivity index (χ0v) is 16.9. The number of ether oxygens (including phenoxy) is 1. The van der Waals surface area contributed by atoms with Gasteiger partial charge in [0, 0.05) is 18.8 Å². The van der Waals surface area contributed by atoms with E-state index >= 15 is 0 Å². The molecule has 2 N–H and O–H groups in total. The second-order valence-electron chi connectivity index (χ2n) is 6.16. The van der Waals surface area contributed by atoms with Gasteiger partial charge >= 0.3 is 0 Å². The molecule has 0 spiro atoms. The van der Waals surface area contributed by atoms with Crippen LogP contribution in [0.5, 0.6) is 0 Å². The number of benzene rings is 2. The molecule has 0 amide bonds. The highest BCUT2D eigenvalue weighted by atomic mass is 127. The quantitative estimate of drug-likeness (QED) is 0.404. The zero-order valence-electron chi connectivity index (χ0n) is 14.6. The molecule has 0 radical (unpaired) electrons. The van der Waals surface area contributed by atoms with E-state index in [2.05, 4.69) is 41.8 Å². The molecule has 1 aliphatic heterocycles. The first-order valence-electron chi connectivity index (χ1n) is 8.57. The number of hydrogen-bond donors (Lipinski definition) is 2. The number of rotatable bonds is 5. The van der Waals surface area contributed by atoms with Crippen LogP contribution in [0.25, 0.3) is 0 Å². The summed E-state index contributed by atoms with van der Waals surface area (Å²) in [4.78, 5) is 4.72. The molecule has 0 aromatic heterocycles. The smallest absolute Gasteiger partial charge is 0.196 e. The maximum Gasteiger partial charge on any atom is 0.196 e. The van der Waals surface area contributed by atoms with E-state index in [0.29, 0.717) is 6.54 Å². The van der Waals surface area contributed by atoms with Crippen molar-refractivity contribution in [3.05, 3.63) is 65.7 Å². The van der Waals surface area contributed by atoms with E-state index in [1.54, 1.807) is 0 Å². The van der Waals surface area contributed by atoms with E-state index in [4.69, 9.17) is 9.73 Å². The minimum absolute atomic E-state index is 0. The summed E-state index contributed by atoms with van der Waals surface area (Å²) in [6.07, 6.45) is 2.55. The second-order valence-corrected chi connectivity index (χ2v) is 6.16. The average Bonchev–Trinajstić information content (AvgIpc) is 3.13. The number of guanidine groups is 1. The van der Waals surface area contributed by atoms with Crippen molar-refractivity contribution in [2.45, 2.75) is 32.4 Å². The fourth-order valence-corrected chi connectivity index (χ4v) is 2.68. The topological polar surface area (TPSA) is 45.7 Å². The van der Waals surface area contributed by atoms with Crippen LogP contribution in [0.3, 0.4) is 0 Å². The minimum Gasteiger partial charge on any atom is -0.376 e. The van der Waals surface area contributed by atoms with Gasteiger partial charge in [-0.05, 0) is 37.5 Å². The van der Waals surface area contributed by atoms with Crippen molar-refractivity contribution >= 4 is 35.6 Å². The van der Waals surface area contributed by atoms with Gasteiger partial charge < -0.3 is 15.4 Å². The lowest BCUT2D eigenvalue weighted by atomic mass is 10.1. The van der Waals surface area contributed by atoms with Gasteiger partial charge in [-0.3, -0.25) is 0 Å². The van der Waals surface area contributed by atoms with Gasteiger partial charge in [-0.25, -0.2) is 4.99 Å². The van der Waals surface area contributed by atoms with Gasteiger partial charge in [-0.1, -0.05) is 48.0 Å². The third-order valence-corrected chi connectivity index (χ3v) is 4.10. The molecule has 0 saturated carbocycles. The van der Waals surface area contributed by atoms with Crippen LogP contribution < -0.4 is 10.6 Å². The Kier molecular flexibility index (Phi) is 8.21. The Balaban J connectivity index is 0.00000225. The molecule has 5 heteroatoms. The molecular weight excluding hydrogens is 425 g/mol. The number of para-hydroxylation sites is 1. The van der Waals surface area contributed by atoms with Crippen LogP contribution in [-0.2, 0) is 11.3 Å². The molecule has 0 bridgehead atoms. The number of nitrogens with zero attached hydrogens (tertiary/aromatic N) is 1. The summed E-state index contributed by atoms with van der Waals surface area (Å²) >= 11 is 0. The monoisotopic (exact) mass is 451 g/mol. The van der Waals surface area contributed by atoms with Gasteiger partial charge in [0.2, 0.25) is 0 Å². The molecule has 2 aromatic rings. The van der Waals surface area contributed by atoms with Crippen LogP contribution in [0.15, 0.2) is 59.6 Å². The minimum atomic E-state index is 0. The molecule has 1 atom stereocenters. The largest absolute Gasteiger partial charge is 0.376 e. The predicted molar refractivity (Wildman–Crippen MR) is 115 cm³/mol. The number of aliphatic imine (C=N–C) groups is 1. The molecular formula is C20H26IN3O. The Morgan fingerprint density at radius 2 is 1.88 bits per heavy atom. The lowest BCUT2D eigenvalue weighted by Gasteiger charge is -2.15. The Bertz CT molecular complexity index is 652. The first kappa shape index (κ1) is 19.7. The zero-order chi connectivity index (χ0) is 16.6. The summed E-state index contributed by atoms with van der Waals surface area (Å²) in [6.45, 7) is 4.40. The Hall–Kier alpha value is -1.60. The van der Waals surface area contributed by atoms with Gasteiger partial charge in [-0.15, -0.1) is 24.0 Å². The molecule has 25 heavy (non-hydrogen) atoms. The summed E-state index contributed by atoms with van der Waals surface area (Å²) in [5.74, 6) is 0.789. The van der Waals surface area contributed by atoms with E-state index in [1.807, 2.05) is 30.3 Å². The maximum absolute atomic E-state index is 5.68. The van der Waals surface area contributed by atoms with Crippen molar-refractivity contribution in [3.8, 4) is 0 Å². The van der Waals surface area contributed by atoms with Crippen molar-refractivity contribution in [2.24, 2.45) is 4.99 Å². The molecule has 1 heterocycles. The van der Waals surface area contributed by atoms with Crippen LogP contribution in [0.4, 0.5) is 5.69 Å². The Morgan fingerprint density at radius 3 is 2.56 bits per heavy atom. The normalized spacial score (nSPS) is 17.0. The van der Waals surface area contributed by atoms with E-state index in [0.717, 1.165) is 37.6 Å². The van der Waals surface area contributed by atoms with Crippen molar-refractivity contribution < 1.29 is 4.74 Å². The predicted octanol–water partition coefficient (Wildman–Crippen LogP) is 4.35. The number of anilines is 1. The number of halogens is 1. The number of hydrogen-bond acceptors (Lipinski definition) is 2. The first-order valence-corrected chi connectivity index (χ1v) is 8.57. The third kappa shape index (κ3) is 6.66. The molecule has 2 aromatic carbocycles. The second kappa shape index (κ2) is 10.4. The van der Waals surface area contributed by atoms with Gasteiger partial charge in [0.15, 0.2) is 5.96 Å². The fourth-order valence-electron chi connectivity index (χ4n) is 2.68. The summed E-state index contributed by atoms with van der Waals surface area (Å²) < 4.78 is 5.68. The summed E-state index contributed by atoms with van der Waals surface area (Å²) in [7, 11) is 0. The van der Waals surface area contributed by atoms with Gasteiger partial charge in [-0.2, -0.15) is 0 Å². The van der Waals surface area contributed by atoms with Crippen molar-refractivity contribution in [3.63, 3.8) is 0 Å². The molecule has 4 nitrogen and oxygen atoms in total. The van der Waals surface area contributed by atoms with Crippen LogP contribution in [0.1, 0.15) is 24.0 Å². The summed E-state index contributed by atoms with van der Waals surface area (Å²) in [5.41, 5.74) is 3.49. The SMILES string of the molecule is Cc1ccc(CN=C(NCC2CCCO2)Nc2ccccc2)cc1.I.